The molecule has 0 fully saturated rings. The van der Waals surface area contributed by atoms with E-state index in [1.54, 1.807) is 29.3 Å². The van der Waals surface area contributed by atoms with Crippen LogP contribution in [-0.4, -0.2) is 20.9 Å². The van der Waals surface area contributed by atoms with Crippen molar-refractivity contribution in [3.8, 4) is 11.3 Å². The Morgan fingerprint density at radius 2 is 1.85 bits per heavy atom. The average Bonchev–Trinajstić information content (AvgIpc) is 3.22. The third-order valence-corrected chi connectivity index (χ3v) is 5.00. The molecule has 1 N–H and O–H groups in total. The maximum Gasteiger partial charge on any atom is 0.238 e. The van der Waals surface area contributed by atoms with Crippen molar-refractivity contribution in [2.24, 2.45) is 0 Å². The molecule has 3 heterocycles. The van der Waals surface area contributed by atoms with Gasteiger partial charge in [-0.1, -0.05) is 23.2 Å². The number of nitrogens with zero attached hydrogens (tertiary/aromatic N) is 3. The van der Waals surface area contributed by atoms with Gasteiger partial charge in [-0.15, -0.1) is 0 Å². The molecular weight excluding hydrogens is 383 g/mol. The Labute approximate surface area is 164 Å². The zero-order valence-corrected chi connectivity index (χ0v) is 15.4. The van der Waals surface area contributed by atoms with Crippen LogP contribution in [0.5, 0.6) is 0 Å². The van der Waals surface area contributed by atoms with E-state index in [2.05, 4.69) is 9.97 Å². The molecule has 0 saturated carbocycles. The highest BCUT2D eigenvalue weighted by Gasteiger charge is 2.32. The molecule has 1 amide bonds. The van der Waals surface area contributed by atoms with Crippen LogP contribution < -0.4 is 4.90 Å². The summed E-state index contributed by atoms with van der Waals surface area (Å²) >= 11 is 12.2. The van der Waals surface area contributed by atoms with E-state index in [-0.39, 0.29) is 12.3 Å². The highest BCUT2D eigenvalue weighted by molar-refractivity contribution is 6.35. The van der Waals surface area contributed by atoms with Crippen LogP contribution in [0.15, 0.2) is 54.9 Å². The van der Waals surface area contributed by atoms with Crippen LogP contribution in [0.2, 0.25) is 10.0 Å². The van der Waals surface area contributed by atoms with Gasteiger partial charge in [0.25, 0.3) is 0 Å². The van der Waals surface area contributed by atoms with Crippen molar-refractivity contribution >= 4 is 51.5 Å². The van der Waals surface area contributed by atoms with Gasteiger partial charge in [0.1, 0.15) is 0 Å². The predicted molar refractivity (Wildman–Crippen MR) is 107 cm³/mol. The van der Waals surface area contributed by atoms with Gasteiger partial charge in [0.05, 0.1) is 29.7 Å². The molecule has 5 rings (SSSR count). The quantitative estimate of drug-likeness (QED) is 0.511. The number of aromatic amines is 1. The maximum atomic E-state index is 12.7. The molecule has 0 atom stereocenters. The first kappa shape index (κ1) is 16.3. The second kappa shape index (κ2) is 6.08. The second-order valence-electron chi connectivity index (χ2n) is 6.34. The number of fused-ring (bicyclic) bond motifs is 2. The van der Waals surface area contributed by atoms with Crippen LogP contribution in [0.1, 0.15) is 5.69 Å². The number of halogens is 2. The molecule has 4 aromatic rings. The number of benzene rings is 2. The predicted octanol–water partition coefficient (Wildman–Crippen LogP) is 5.15. The van der Waals surface area contributed by atoms with E-state index in [0.717, 1.165) is 22.2 Å². The van der Waals surface area contributed by atoms with Crippen molar-refractivity contribution in [3.63, 3.8) is 0 Å². The lowest BCUT2D eigenvalue weighted by molar-refractivity contribution is -0.116. The molecule has 2 aromatic carbocycles. The van der Waals surface area contributed by atoms with Gasteiger partial charge in [-0.25, -0.2) is 4.98 Å². The lowest BCUT2D eigenvalue weighted by Gasteiger charge is -2.17. The van der Waals surface area contributed by atoms with E-state index in [1.165, 1.54) is 0 Å². The summed E-state index contributed by atoms with van der Waals surface area (Å²) in [6.45, 7) is 0. The van der Waals surface area contributed by atoms with Crippen LogP contribution in [0.4, 0.5) is 11.5 Å². The summed E-state index contributed by atoms with van der Waals surface area (Å²) in [6.07, 6.45) is 3.74. The maximum absolute atomic E-state index is 12.7. The molecule has 0 bridgehead atoms. The van der Waals surface area contributed by atoms with Crippen molar-refractivity contribution in [1.29, 1.82) is 0 Å². The summed E-state index contributed by atoms with van der Waals surface area (Å²) in [5.41, 5.74) is 3.80. The average molecular weight is 395 g/mol. The minimum Gasteiger partial charge on any atom is -0.361 e. The van der Waals surface area contributed by atoms with Crippen molar-refractivity contribution in [1.82, 2.24) is 15.0 Å². The fraction of sp³-hybridized carbons (Fsp3) is 0.0500. The molecule has 27 heavy (non-hydrogen) atoms. The highest BCUT2D eigenvalue weighted by Crippen LogP contribution is 2.36. The van der Waals surface area contributed by atoms with Gasteiger partial charge in [-0.3, -0.25) is 14.7 Å². The molecule has 1 aliphatic heterocycles. The molecule has 0 unspecified atom stereocenters. The van der Waals surface area contributed by atoms with Crippen molar-refractivity contribution in [2.45, 2.75) is 6.42 Å². The molecule has 132 valence electrons. The van der Waals surface area contributed by atoms with Crippen LogP contribution in [0.25, 0.3) is 22.2 Å². The fourth-order valence-electron chi connectivity index (χ4n) is 3.34. The van der Waals surface area contributed by atoms with Crippen LogP contribution in [0.3, 0.4) is 0 Å². The van der Waals surface area contributed by atoms with E-state index in [4.69, 9.17) is 28.2 Å². The Bertz CT molecular complexity index is 1200. The van der Waals surface area contributed by atoms with Crippen LogP contribution in [-0.2, 0) is 11.2 Å². The Morgan fingerprint density at radius 3 is 2.67 bits per heavy atom. The lowest BCUT2D eigenvalue weighted by atomic mass is 10.1. The largest absolute Gasteiger partial charge is 0.361 e. The topological polar surface area (TPSA) is 61.9 Å². The lowest BCUT2D eigenvalue weighted by Crippen LogP contribution is -2.21. The van der Waals surface area contributed by atoms with Gasteiger partial charge in [0.2, 0.25) is 5.91 Å². The minimum absolute atomic E-state index is 0.0545. The number of carbonyl (C=O) groups excluding carboxylic acids is 1. The van der Waals surface area contributed by atoms with Gasteiger partial charge in [-0.05, 0) is 42.5 Å². The molecule has 1 aliphatic rings. The molecule has 7 heteroatoms. The van der Waals surface area contributed by atoms with E-state index in [9.17, 15) is 4.79 Å². The molecule has 0 aliphatic carbocycles. The number of aromatic nitrogens is 3. The normalized spacial score (nSPS) is 13.4. The van der Waals surface area contributed by atoms with Gasteiger partial charge < -0.3 is 4.98 Å². The number of H-pyrrole nitrogens is 1. The standard InChI is InChI=1S/C20H12Cl2N4O/c21-13-5-12(6-14(22)8-13)18-10-24-17-9-19(27)26(20(17)25-18)15-1-2-16-11(7-15)3-4-23-16/h1-8,10,23H,9H2. The number of nitrogens with one attached hydrogen (secondary N) is 1. The summed E-state index contributed by atoms with van der Waals surface area (Å²) in [5.74, 6) is 0.490. The molecular formula is C20H12Cl2N4O. The zero-order chi connectivity index (χ0) is 18.5. The number of rotatable bonds is 2. The van der Waals surface area contributed by atoms with Crippen LogP contribution in [0, 0.1) is 0 Å². The van der Waals surface area contributed by atoms with Crippen LogP contribution >= 0.6 is 23.2 Å². The van der Waals surface area contributed by atoms with Crippen molar-refractivity contribution in [2.75, 3.05) is 4.90 Å². The smallest absolute Gasteiger partial charge is 0.238 e. The SMILES string of the molecule is O=C1Cc2ncc(-c3cc(Cl)cc(Cl)c3)nc2N1c1ccc2[nH]ccc2c1. The van der Waals surface area contributed by atoms with Gasteiger partial charge >= 0.3 is 0 Å². The molecule has 0 saturated heterocycles. The zero-order valence-electron chi connectivity index (χ0n) is 13.9. The summed E-state index contributed by atoms with van der Waals surface area (Å²) in [7, 11) is 0. The van der Waals surface area contributed by atoms with Gasteiger partial charge in [0, 0.05) is 32.7 Å². The van der Waals surface area contributed by atoms with E-state index in [1.807, 2.05) is 30.5 Å². The third-order valence-electron chi connectivity index (χ3n) is 4.56. The van der Waals surface area contributed by atoms with E-state index >= 15 is 0 Å². The Morgan fingerprint density at radius 1 is 1.04 bits per heavy atom. The first-order valence-corrected chi connectivity index (χ1v) is 9.06. The number of hydrogen-bond acceptors (Lipinski definition) is 3. The summed E-state index contributed by atoms with van der Waals surface area (Å²) < 4.78 is 0. The first-order valence-electron chi connectivity index (χ1n) is 8.31. The fourth-order valence-corrected chi connectivity index (χ4v) is 3.86. The third kappa shape index (κ3) is 2.76. The number of amides is 1. The highest BCUT2D eigenvalue weighted by atomic mass is 35.5. The number of carbonyl (C=O) groups is 1. The minimum atomic E-state index is -0.0545. The van der Waals surface area contributed by atoms with Gasteiger partial charge in [-0.2, -0.15) is 0 Å². The summed E-state index contributed by atoms with van der Waals surface area (Å²) in [5, 5.41) is 2.07. The molecule has 5 nitrogen and oxygen atoms in total. The Balaban J connectivity index is 1.63. The summed E-state index contributed by atoms with van der Waals surface area (Å²) in [6, 6.07) is 13.0. The summed E-state index contributed by atoms with van der Waals surface area (Å²) in [4.78, 5) is 26.6. The monoisotopic (exact) mass is 394 g/mol. The van der Waals surface area contributed by atoms with Crippen molar-refractivity contribution in [3.05, 3.63) is 70.6 Å². The second-order valence-corrected chi connectivity index (χ2v) is 7.21. The Hall–Kier alpha value is -2.89. The first-order chi connectivity index (χ1) is 13.1. The Kier molecular flexibility index (Phi) is 3.67. The molecule has 2 aromatic heterocycles. The van der Waals surface area contributed by atoms with E-state index in [0.29, 0.717) is 27.3 Å². The van der Waals surface area contributed by atoms with Gasteiger partial charge in [0.15, 0.2) is 5.82 Å². The van der Waals surface area contributed by atoms with E-state index < -0.39 is 0 Å². The molecule has 0 radical (unpaired) electrons. The molecule has 0 spiro atoms. The number of hydrogen-bond donors (Lipinski definition) is 1. The van der Waals surface area contributed by atoms with Crippen molar-refractivity contribution < 1.29 is 4.79 Å². The number of anilines is 2.